The summed E-state index contributed by atoms with van der Waals surface area (Å²) < 4.78 is 38.2. The largest absolute Gasteiger partial charge is 0.493 e. The number of nitrogen functional groups attached to an aromatic ring is 1. The fourth-order valence-corrected chi connectivity index (χ4v) is 4.50. The van der Waals surface area contributed by atoms with Crippen LogP contribution in [0.5, 0.6) is 5.75 Å². The van der Waals surface area contributed by atoms with Gasteiger partial charge < -0.3 is 25.1 Å². The highest BCUT2D eigenvalue weighted by atomic mass is 32.2. The van der Waals surface area contributed by atoms with Crippen molar-refractivity contribution in [1.82, 2.24) is 24.5 Å². The number of hydrogen-bond acceptors (Lipinski definition) is 10. The first-order valence-electron chi connectivity index (χ1n) is 12.0. The van der Waals surface area contributed by atoms with E-state index in [-0.39, 0.29) is 11.8 Å². The van der Waals surface area contributed by atoms with E-state index in [4.69, 9.17) is 14.9 Å². The smallest absolute Gasteiger partial charge is 0.228 e. The molecular weight excluding hydrogens is 499 g/mol. The topological polar surface area (TPSA) is 127 Å². The molecule has 0 saturated carbocycles. The van der Waals surface area contributed by atoms with Crippen LogP contribution in [0.25, 0.3) is 17.1 Å². The van der Waals surface area contributed by atoms with Gasteiger partial charge in [-0.25, -0.2) is 4.39 Å². The van der Waals surface area contributed by atoms with Crippen LogP contribution in [0.3, 0.4) is 0 Å². The molecule has 1 unspecified atom stereocenters. The lowest BCUT2D eigenvalue weighted by molar-refractivity contribution is 0.266. The van der Waals surface area contributed by atoms with E-state index in [1.54, 1.807) is 36.8 Å². The summed E-state index contributed by atoms with van der Waals surface area (Å²) in [6, 6.07) is 10.3. The van der Waals surface area contributed by atoms with Crippen molar-refractivity contribution < 1.29 is 17.8 Å². The minimum Gasteiger partial charge on any atom is -0.493 e. The van der Waals surface area contributed by atoms with Gasteiger partial charge in [-0.05, 0) is 24.3 Å². The number of piperazine rings is 1. The lowest BCUT2D eigenvalue weighted by atomic mass is 10.2. The summed E-state index contributed by atoms with van der Waals surface area (Å²) in [6.07, 6.45) is 3.20. The molecule has 0 spiro atoms. The predicted molar refractivity (Wildman–Crippen MR) is 141 cm³/mol. The minimum atomic E-state index is -0.937. The number of ether oxygens (including phenoxy) is 1. The Morgan fingerprint density at radius 2 is 2.03 bits per heavy atom. The molecule has 1 aliphatic rings. The fourth-order valence-electron chi connectivity index (χ4n) is 4.18. The highest BCUT2D eigenvalue weighted by Crippen LogP contribution is 2.25. The van der Waals surface area contributed by atoms with Crippen molar-refractivity contribution >= 4 is 34.0 Å². The van der Waals surface area contributed by atoms with Gasteiger partial charge in [-0.3, -0.25) is 9.11 Å². The van der Waals surface area contributed by atoms with Gasteiger partial charge in [-0.2, -0.15) is 19.6 Å². The number of hydrogen-bond donors (Lipinski definition) is 2. The zero-order valence-electron chi connectivity index (χ0n) is 20.5. The molecule has 4 aromatic rings. The molecule has 11 nitrogen and oxygen atoms in total. The third-order valence-electron chi connectivity index (χ3n) is 6.10. The van der Waals surface area contributed by atoms with Crippen LogP contribution >= 0.6 is 0 Å². The number of fused-ring (bicyclic) bond motifs is 1. The molecule has 5 rings (SSSR count). The molecule has 4 heterocycles. The third kappa shape index (κ3) is 6.00. The molecule has 0 aliphatic carbocycles. The van der Waals surface area contributed by atoms with Crippen LogP contribution in [0.1, 0.15) is 0 Å². The van der Waals surface area contributed by atoms with Gasteiger partial charge in [0, 0.05) is 68.5 Å². The number of benzene rings is 1. The number of nitrogens with one attached hydrogen (secondary N) is 1. The Hall–Kier alpha value is -3.71. The van der Waals surface area contributed by atoms with Gasteiger partial charge in [0.1, 0.15) is 17.3 Å². The van der Waals surface area contributed by atoms with E-state index < -0.39 is 10.8 Å². The van der Waals surface area contributed by atoms with E-state index in [1.165, 1.54) is 10.6 Å². The van der Waals surface area contributed by atoms with Gasteiger partial charge in [0.25, 0.3) is 0 Å². The average Bonchev–Trinajstić information content (AvgIpc) is 3.55. The van der Waals surface area contributed by atoms with Crippen LogP contribution in [0.4, 0.5) is 22.0 Å². The Bertz CT molecular complexity index is 1370. The molecule has 1 saturated heterocycles. The third-order valence-corrected chi connectivity index (χ3v) is 6.85. The maximum atomic E-state index is 14.7. The number of aromatic nitrogens is 4. The zero-order valence-corrected chi connectivity index (χ0v) is 21.3. The maximum Gasteiger partial charge on any atom is 0.228 e. The number of anilines is 3. The molecule has 3 N–H and O–H groups in total. The van der Waals surface area contributed by atoms with Crippen LogP contribution in [0, 0.1) is 5.82 Å². The highest BCUT2D eigenvalue weighted by Gasteiger charge is 2.20. The molecule has 0 amide bonds. The van der Waals surface area contributed by atoms with Gasteiger partial charge in [-0.15, -0.1) is 0 Å². The molecule has 1 fully saturated rings. The summed E-state index contributed by atoms with van der Waals surface area (Å²) >= 11 is 0. The van der Waals surface area contributed by atoms with E-state index in [0.717, 1.165) is 19.6 Å². The SMILES string of the molecule is CS(=O)CCOc1ccc(N2CCN(CCNc3nc(N)n4nc(-c5ccco5)cc4n3)CC2)c(F)c1. The number of halogens is 1. The lowest BCUT2D eigenvalue weighted by Crippen LogP contribution is -2.48. The Morgan fingerprint density at radius 1 is 1.19 bits per heavy atom. The second kappa shape index (κ2) is 11.1. The Kier molecular flexibility index (Phi) is 7.51. The zero-order chi connectivity index (χ0) is 25.8. The molecule has 1 aliphatic heterocycles. The van der Waals surface area contributed by atoms with Gasteiger partial charge in [-0.1, -0.05) is 0 Å². The van der Waals surface area contributed by atoms with Crippen molar-refractivity contribution in [1.29, 1.82) is 0 Å². The molecule has 37 heavy (non-hydrogen) atoms. The molecule has 3 aromatic heterocycles. The van der Waals surface area contributed by atoms with E-state index in [1.807, 2.05) is 11.0 Å². The summed E-state index contributed by atoms with van der Waals surface area (Å²) in [5.41, 5.74) is 7.85. The molecule has 196 valence electrons. The normalized spacial score (nSPS) is 15.2. The van der Waals surface area contributed by atoms with Crippen molar-refractivity contribution in [2.75, 3.05) is 73.8 Å². The van der Waals surface area contributed by atoms with E-state index in [0.29, 0.717) is 66.5 Å². The van der Waals surface area contributed by atoms with Gasteiger partial charge in [0.05, 0.1) is 24.3 Å². The summed E-state index contributed by atoms with van der Waals surface area (Å²) in [6.45, 7) is 4.76. The van der Waals surface area contributed by atoms with Crippen LogP contribution < -0.4 is 20.7 Å². The Labute approximate surface area is 215 Å². The van der Waals surface area contributed by atoms with E-state index >= 15 is 0 Å². The quantitative estimate of drug-likeness (QED) is 0.316. The van der Waals surface area contributed by atoms with Gasteiger partial charge in [0.2, 0.25) is 11.9 Å². The number of nitrogens with zero attached hydrogens (tertiary/aromatic N) is 6. The minimum absolute atomic E-state index is 0.234. The Balaban J connectivity index is 1.11. The van der Waals surface area contributed by atoms with Gasteiger partial charge in [0.15, 0.2) is 11.4 Å². The molecule has 0 bridgehead atoms. The summed E-state index contributed by atoms with van der Waals surface area (Å²) in [5, 5.41) is 7.64. The number of furan rings is 1. The Morgan fingerprint density at radius 3 is 2.76 bits per heavy atom. The molecule has 0 radical (unpaired) electrons. The van der Waals surface area contributed by atoms with Crippen LogP contribution in [0.2, 0.25) is 0 Å². The second-order valence-corrected chi connectivity index (χ2v) is 10.2. The molecular formula is C24H29FN8O3S. The van der Waals surface area contributed by atoms with Crippen LogP contribution in [0.15, 0.2) is 47.1 Å². The average molecular weight is 529 g/mol. The van der Waals surface area contributed by atoms with Crippen molar-refractivity contribution in [3.05, 3.63) is 48.5 Å². The van der Waals surface area contributed by atoms with Crippen molar-refractivity contribution in [3.8, 4) is 17.2 Å². The number of rotatable bonds is 10. The first kappa shape index (κ1) is 25.0. The number of nitrogens with two attached hydrogens (primary N) is 1. The maximum absolute atomic E-state index is 14.7. The molecule has 13 heteroatoms. The van der Waals surface area contributed by atoms with Crippen molar-refractivity contribution in [2.24, 2.45) is 0 Å². The summed E-state index contributed by atoms with van der Waals surface area (Å²) in [7, 11) is -0.937. The first-order valence-corrected chi connectivity index (χ1v) is 13.7. The van der Waals surface area contributed by atoms with Crippen molar-refractivity contribution in [3.63, 3.8) is 0 Å². The molecule has 1 atom stereocenters. The van der Waals surface area contributed by atoms with Crippen LogP contribution in [-0.4, -0.2) is 86.6 Å². The second-order valence-electron chi connectivity index (χ2n) is 8.68. The van der Waals surface area contributed by atoms with E-state index in [9.17, 15) is 8.60 Å². The first-order chi connectivity index (χ1) is 18.0. The molecule has 1 aromatic carbocycles. The highest BCUT2D eigenvalue weighted by molar-refractivity contribution is 7.84. The predicted octanol–water partition coefficient (Wildman–Crippen LogP) is 2.10. The fraction of sp³-hybridized carbons (Fsp3) is 0.375. The van der Waals surface area contributed by atoms with Crippen molar-refractivity contribution in [2.45, 2.75) is 0 Å². The standard InChI is InChI=1S/C24H29FN8O3S/c1-37(34)14-13-35-17-4-5-20(18(25)15-17)32-10-8-31(9-11-32)7-6-27-24-28-22-16-19(21-3-2-12-36-21)30-33(22)23(26)29-24/h2-5,12,15-16H,6-11,13-14H2,1H3,(H3,26,27,28,29). The van der Waals surface area contributed by atoms with Gasteiger partial charge >= 0.3 is 0 Å². The lowest BCUT2D eigenvalue weighted by Gasteiger charge is -2.36. The van der Waals surface area contributed by atoms with Crippen LogP contribution in [-0.2, 0) is 10.8 Å². The van der Waals surface area contributed by atoms with E-state index in [2.05, 4.69) is 25.3 Å². The monoisotopic (exact) mass is 528 g/mol. The summed E-state index contributed by atoms with van der Waals surface area (Å²) in [4.78, 5) is 13.2. The summed E-state index contributed by atoms with van der Waals surface area (Å²) in [5.74, 6) is 1.86.